The van der Waals surface area contributed by atoms with Crippen molar-refractivity contribution >= 4 is 6.09 Å². The molecule has 2 saturated heterocycles. The Morgan fingerprint density at radius 3 is 2.76 bits per heavy atom. The summed E-state index contributed by atoms with van der Waals surface area (Å²) in [5.41, 5.74) is 4.85. The Labute approximate surface area is 101 Å². The lowest BCUT2D eigenvalue weighted by Crippen LogP contribution is -2.48. The Hall–Kier alpha value is -0.840. The summed E-state index contributed by atoms with van der Waals surface area (Å²) in [6.07, 6.45) is -0.424. The van der Waals surface area contributed by atoms with Crippen molar-refractivity contribution in [1.29, 1.82) is 0 Å². The number of carbonyl (C=O) groups excluding carboxylic acids is 1. The topological polar surface area (TPSA) is 55.6 Å². The molecule has 0 aromatic carbocycles. The average Bonchev–Trinajstić information content (AvgIpc) is 2.71. The Morgan fingerprint density at radius 2 is 2.24 bits per heavy atom. The van der Waals surface area contributed by atoms with Crippen molar-refractivity contribution in [3.8, 4) is 0 Å². The minimum absolute atomic E-state index is 0.00611. The van der Waals surface area contributed by atoms with Gasteiger partial charge in [0.05, 0.1) is 0 Å². The lowest BCUT2D eigenvalue weighted by atomic mass is 9.71. The number of rotatable bonds is 2. The molecule has 2 heterocycles. The highest BCUT2D eigenvalue weighted by Crippen LogP contribution is 2.49. The summed E-state index contributed by atoms with van der Waals surface area (Å²) in [6.45, 7) is 6.16. The quantitative estimate of drug-likeness (QED) is 0.801. The maximum absolute atomic E-state index is 13.6. The van der Waals surface area contributed by atoms with Gasteiger partial charge in [0.25, 0.3) is 0 Å². The number of halogens is 1. The fourth-order valence-corrected chi connectivity index (χ4v) is 2.89. The van der Waals surface area contributed by atoms with E-state index >= 15 is 0 Å². The third-order valence-corrected chi connectivity index (χ3v) is 3.64. The molecule has 17 heavy (non-hydrogen) atoms. The molecule has 5 heteroatoms. The number of fused-ring (bicyclic) bond motifs is 1. The molecule has 0 radical (unpaired) electrons. The van der Waals surface area contributed by atoms with Crippen molar-refractivity contribution in [2.75, 3.05) is 13.1 Å². The van der Waals surface area contributed by atoms with Gasteiger partial charge in [-0.25, -0.2) is 9.18 Å². The van der Waals surface area contributed by atoms with E-state index in [2.05, 4.69) is 0 Å². The number of alkyl halides is 1. The molecule has 1 saturated carbocycles. The molecule has 1 aliphatic carbocycles. The number of nitrogens with two attached hydrogens (primary N) is 1. The lowest BCUT2D eigenvalue weighted by Gasteiger charge is -2.38. The van der Waals surface area contributed by atoms with Crippen molar-refractivity contribution in [2.24, 2.45) is 17.6 Å². The molecular formula is C12H21FN2O2. The zero-order chi connectivity index (χ0) is 12.8. The number of nitrogens with zero attached hydrogens (tertiary/aromatic N) is 1. The third kappa shape index (κ3) is 2.25. The van der Waals surface area contributed by atoms with Gasteiger partial charge in [-0.1, -0.05) is 0 Å². The number of ether oxygens (including phenoxy) is 1. The molecule has 0 aromatic heterocycles. The molecule has 0 spiro atoms. The summed E-state index contributed by atoms with van der Waals surface area (Å²) in [5.74, 6) is 0.193. The molecule has 2 bridgehead atoms. The van der Waals surface area contributed by atoms with Gasteiger partial charge in [0, 0.05) is 25.0 Å². The zero-order valence-corrected chi connectivity index (χ0v) is 10.6. The molecule has 2 aliphatic heterocycles. The molecule has 4 atom stereocenters. The van der Waals surface area contributed by atoms with Crippen LogP contribution in [-0.2, 0) is 4.74 Å². The first kappa shape index (κ1) is 12.6. The van der Waals surface area contributed by atoms with Gasteiger partial charge in [0.1, 0.15) is 11.8 Å². The molecule has 0 aromatic rings. The van der Waals surface area contributed by atoms with Crippen LogP contribution in [0.15, 0.2) is 0 Å². The van der Waals surface area contributed by atoms with Crippen LogP contribution in [-0.4, -0.2) is 41.9 Å². The van der Waals surface area contributed by atoms with E-state index in [0.29, 0.717) is 6.54 Å². The van der Waals surface area contributed by atoms with Crippen LogP contribution in [0, 0.1) is 11.8 Å². The van der Waals surface area contributed by atoms with Gasteiger partial charge in [-0.2, -0.15) is 0 Å². The number of hydrogen-bond donors (Lipinski definition) is 1. The Kier molecular flexibility index (Phi) is 3.06. The van der Waals surface area contributed by atoms with Crippen LogP contribution in [0.2, 0.25) is 0 Å². The molecule has 3 fully saturated rings. The zero-order valence-electron chi connectivity index (χ0n) is 10.6. The van der Waals surface area contributed by atoms with Crippen molar-refractivity contribution in [2.45, 2.75) is 45.0 Å². The van der Waals surface area contributed by atoms with E-state index in [1.54, 1.807) is 4.90 Å². The van der Waals surface area contributed by atoms with E-state index in [0.717, 1.165) is 6.42 Å². The second kappa shape index (κ2) is 4.12. The van der Waals surface area contributed by atoms with Crippen LogP contribution in [0.5, 0.6) is 0 Å². The summed E-state index contributed by atoms with van der Waals surface area (Å²) >= 11 is 0. The number of amides is 1. The predicted octanol–water partition coefficient (Wildman–Crippen LogP) is 1.54. The third-order valence-electron chi connectivity index (χ3n) is 3.64. The van der Waals surface area contributed by atoms with E-state index in [1.165, 1.54) is 0 Å². The van der Waals surface area contributed by atoms with Crippen molar-refractivity contribution in [3.05, 3.63) is 0 Å². The highest BCUT2D eigenvalue weighted by molar-refractivity contribution is 5.69. The van der Waals surface area contributed by atoms with Crippen LogP contribution in [0.25, 0.3) is 0 Å². The minimum atomic E-state index is -0.994. The first-order valence-corrected chi connectivity index (χ1v) is 6.17. The smallest absolute Gasteiger partial charge is 0.410 e. The van der Waals surface area contributed by atoms with Crippen LogP contribution in [0.3, 0.4) is 0 Å². The number of hydrogen-bond acceptors (Lipinski definition) is 3. The van der Waals surface area contributed by atoms with Crippen molar-refractivity contribution in [3.63, 3.8) is 0 Å². The molecule has 1 amide bonds. The molecule has 2 unspecified atom stereocenters. The normalized spacial score (nSPS) is 33.2. The molecule has 3 rings (SSSR count). The maximum atomic E-state index is 13.6. The van der Waals surface area contributed by atoms with Crippen molar-refractivity contribution in [1.82, 2.24) is 4.90 Å². The Bertz CT molecular complexity index is 316. The Balaban J connectivity index is 1.96. The molecular weight excluding hydrogens is 223 g/mol. The van der Waals surface area contributed by atoms with E-state index in [1.807, 2.05) is 20.8 Å². The lowest BCUT2D eigenvalue weighted by molar-refractivity contribution is 0.0132. The summed E-state index contributed by atoms with van der Waals surface area (Å²) in [7, 11) is 0. The van der Waals surface area contributed by atoms with Crippen LogP contribution >= 0.6 is 0 Å². The molecule has 98 valence electrons. The van der Waals surface area contributed by atoms with Gasteiger partial charge in [0.2, 0.25) is 0 Å². The summed E-state index contributed by atoms with van der Waals surface area (Å²) in [6, 6.07) is -0.00611. The monoisotopic (exact) mass is 244 g/mol. The summed E-state index contributed by atoms with van der Waals surface area (Å²) in [5, 5.41) is 0. The standard InChI is InChI=1S/C12H21FN2O2/c1-12(2,3)17-11(16)15-6-7-4-9(15)10(7)8(13)5-14/h7-10H,4-6,14H2,1-3H3/t7-,8?,9-,10?/m0/s1. The second-order valence-electron chi connectivity index (χ2n) is 6.02. The number of carbonyl (C=O) groups is 1. The maximum Gasteiger partial charge on any atom is 0.410 e. The largest absolute Gasteiger partial charge is 0.444 e. The second-order valence-corrected chi connectivity index (χ2v) is 6.02. The van der Waals surface area contributed by atoms with Gasteiger partial charge in [0.15, 0.2) is 0 Å². The summed E-state index contributed by atoms with van der Waals surface area (Å²) in [4.78, 5) is 13.6. The SMILES string of the molecule is CC(C)(C)OC(=O)N1C[C@@H]2C[C@H]1C2C(F)CN. The highest BCUT2D eigenvalue weighted by Gasteiger charge is 2.57. The average molecular weight is 244 g/mol. The molecule has 3 aliphatic rings. The van der Waals surface area contributed by atoms with Crippen molar-refractivity contribution < 1.29 is 13.9 Å². The van der Waals surface area contributed by atoms with Gasteiger partial charge in [-0.15, -0.1) is 0 Å². The predicted molar refractivity (Wildman–Crippen MR) is 62.3 cm³/mol. The first-order chi connectivity index (χ1) is 7.83. The highest BCUT2D eigenvalue weighted by atomic mass is 19.1. The van der Waals surface area contributed by atoms with E-state index in [4.69, 9.17) is 10.5 Å². The van der Waals surface area contributed by atoms with Gasteiger partial charge >= 0.3 is 6.09 Å². The van der Waals surface area contributed by atoms with Gasteiger partial charge in [-0.3, -0.25) is 0 Å². The minimum Gasteiger partial charge on any atom is -0.444 e. The van der Waals surface area contributed by atoms with Gasteiger partial charge in [-0.05, 0) is 33.1 Å². The van der Waals surface area contributed by atoms with E-state index in [-0.39, 0.29) is 30.5 Å². The van der Waals surface area contributed by atoms with E-state index in [9.17, 15) is 9.18 Å². The fourth-order valence-electron chi connectivity index (χ4n) is 2.89. The van der Waals surface area contributed by atoms with E-state index < -0.39 is 11.8 Å². The first-order valence-electron chi connectivity index (χ1n) is 6.17. The van der Waals surface area contributed by atoms with Crippen LogP contribution in [0.1, 0.15) is 27.2 Å². The molecule has 4 nitrogen and oxygen atoms in total. The van der Waals surface area contributed by atoms with Crippen LogP contribution in [0.4, 0.5) is 9.18 Å². The Morgan fingerprint density at radius 1 is 1.59 bits per heavy atom. The van der Waals surface area contributed by atoms with Crippen LogP contribution < -0.4 is 5.73 Å². The molecule has 2 N–H and O–H groups in total. The fraction of sp³-hybridized carbons (Fsp3) is 0.917. The summed E-state index contributed by atoms with van der Waals surface area (Å²) < 4.78 is 18.9. The van der Waals surface area contributed by atoms with Gasteiger partial charge < -0.3 is 15.4 Å².